The second kappa shape index (κ2) is 7.50. The molecule has 1 N–H and O–H groups in total. The highest BCUT2D eigenvalue weighted by atomic mass is 19.1. The van der Waals surface area contributed by atoms with Crippen LogP contribution in [0.5, 0.6) is 0 Å². The summed E-state index contributed by atoms with van der Waals surface area (Å²) in [4.78, 5) is 17.1. The first kappa shape index (κ1) is 19.2. The van der Waals surface area contributed by atoms with E-state index in [2.05, 4.69) is 16.4 Å². The summed E-state index contributed by atoms with van der Waals surface area (Å²) in [5.74, 6) is 0.260. The molecule has 0 aliphatic heterocycles. The highest BCUT2D eigenvalue weighted by molar-refractivity contribution is 5.94. The third kappa shape index (κ3) is 3.38. The molecule has 3 nitrogen and oxygen atoms in total. The summed E-state index contributed by atoms with van der Waals surface area (Å²) >= 11 is 0. The monoisotopic (exact) mass is 402 g/mol. The highest BCUT2D eigenvalue weighted by Crippen LogP contribution is 2.55. The zero-order valence-electron chi connectivity index (χ0n) is 17.3. The number of halogens is 1. The first-order valence-corrected chi connectivity index (χ1v) is 11.0. The van der Waals surface area contributed by atoms with E-state index in [1.807, 2.05) is 37.4 Å². The van der Waals surface area contributed by atoms with Gasteiger partial charge in [0.2, 0.25) is 0 Å². The number of carbonyl (C=O) groups is 1. The van der Waals surface area contributed by atoms with Crippen molar-refractivity contribution in [1.29, 1.82) is 0 Å². The molecule has 3 aromatic rings. The maximum atomic E-state index is 13.8. The number of amides is 1. The number of benzene rings is 2. The molecule has 2 aliphatic rings. The van der Waals surface area contributed by atoms with Crippen molar-refractivity contribution < 1.29 is 9.18 Å². The fourth-order valence-electron chi connectivity index (χ4n) is 5.47. The van der Waals surface area contributed by atoms with Crippen molar-refractivity contribution in [2.75, 3.05) is 0 Å². The Morgan fingerprint density at radius 1 is 1.03 bits per heavy atom. The van der Waals surface area contributed by atoms with Gasteiger partial charge in [0.25, 0.3) is 5.91 Å². The summed E-state index contributed by atoms with van der Waals surface area (Å²) in [6.45, 7) is 2.03. The number of fused-ring (bicyclic) bond motifs is 1. The molecule has 0 radical (unpaired) electrons. The van der Waals surface area contributed by atoms with E-state index in [4.69, 9.17) is 0 Å². The largest absolute Gasteiger partial charge is 0.349 e. The van der Waals surface area contributed by atoms with Crippen molar-refractivity contribution in [3.8, 4) is 0 Å². The molecule has 30 heavy (non-hydrogen) atoms. The Balaban J connectivity index is 1.28. The number of nitrogens with one attached hydrogen (secondary N) is 1. The first-order chi connectivity index (χ1) is 14.5. The maximum Gasteiger partial charge on any atom is 0.251 e. The summed E-state index contributed by atoms with van der Waals surface area (Å²) < 4.78 is 13.8. The lowest BCUT2D eigenvalue weighted by Crippen LogP contribution is -2.56. The third-order valence-electron chi connectivity index (χ3n) is 7.45. The van der Waals surface area contributed by atoms with Crippen molar-refractivity contribution in [2.24, 2.45) is 5.41 Å². The van der Waals surface area contributed by atoms with Gasteiger partial charge in [-0.15, -0.1) is 0 Å². The van der Waals surface area contributed by atoms with Gasteiger partial charge in [-0.2, -0.15) is 0 Å². The van der Waals surface area contributed by atoms with E-state index in [1.54, 1.807) is 12.1 Å². The lowest BCUT2D eigenvalue weighted by Gasteiger charge is -2.53. The van der Waals surface area contributed by atoms with Crippen LogP contribution >= 0.6 is 0 Å². The zero-order chi connectivity index (χ0) is 20.7. The van der Waals surface area contributed by atoms with Crippen LogP contribution in [0.1, 0.15) is 65.9 Å². The average Bonchev–Trinajstić information content (AvgIpc) is 2.77. The molecule has 1 heterocycles. The molecule has 1 aromatic heterocycles. The first-order valence-electron chi connectivity index (χ1n) is 11.0. The van der Waals surface area contributed by atoms with Gasteiger partial charge in [0.05, 0.1) is 5.52 Å². The number of carbonyl (C=O) groups excluding carboxylic acids is 1. The zero-order valence-corrected chi connectivity index (χ0v) is 17.3. The van der Waals surface area contributed by atoms with Gasteiger partial charge in [-0.25, -0.2) is 4.39 Å². The van der Waals surface area contributed by atoms with Crippen molar-refractivity contribution >= 4 is 16.8 Å². The Morgan fingerprint density at radius 3 is 2.47 bits per heavy atom. The fraction of sp³-hybridized carbons (Fsp3) is 0.385. The van der Waals surface area contributed by atoms with Crippen molar-refractivity contribution in [2.45, 2.75) is 57.4 Å². The van der Waals surface area contributed by atoms with Gasteiger partial charge in [-0.1, -0.05) is 17.7 Å². The Bertz CT molecular complexity index is 1080. The van der Waals surface area contributed by atoms with Crippen LogP contribution in [0.2, 0.25) is 0 Å². The number of pyridine rings is 1. The number of aryl methyl sites for hydroxylation is 1. The average molecular weight is 403 g/mol. The second-order valence-electron chi connectivity index (χ2n) is 9.13. The number of aromatic nitrogens is 1. The number of nitrogens with zero attached hydrogens (tertiary/aromatic N) is 1. The molecule has 2 saturated carbocycles. The van der Waals surface area contributed by atoms with Gasteiger partial charge in [0.1, 0.15) is 5.82 Å². The minimum absolute atomic E-state index is 0.0387. The maximum absolute atomic E-state index is 13.8. The van der Waals surface area contributed by atoms with Crippen LogP contribution in [0.15, 0.2) is 54.7 Å². The Kier molecular flexibility index (Phi) is 4.80. The Labute approximate surface area is 176 Å². The molecule has 1 atom stereocenters. The highest BCUT2D eigenvalue weighted by Gasteiger charge is 2.49. The lowest BCUT2D eigenvalue weighted by atomic mass is 9.55. The number of rotatable bonds is 3. The minimum Gasteiger partial charge on any atom is -0.349 e. The summed E-state index contributed by atoms with van der Waals surface area (Å²) in [6.07, 6.45) is 8.45. The van der Waals surface area contributed by atoms with E-state index in [0.717, 1.165) is 54.1 Å². The van der Waals surface area contributed by atoms with Crippen molar-refractivity contribution in [1.82, 2.24) is 10.3 Å². The predicted molar refractivity (Wildman–Crippen MR) is 117 cm³/mol. The van der Waals surface area contributed by atoms with Gasteiger partial charge >= 0.3 is 0 Å². The van der Waals surface area contributed by atoms with E-state index >= 15 is 0 Å². The molecule has 0 unspecified atom stereocenters. The molecule has 2 fully saturated rings. The molecular weight excluding hydrogens is 375 g/mol. The summed E-state index contributed by atoms with van der Waals surface area (Å²) in [7, 11) is 0. The van der Waals surface area contributed by atoms with Gasteiger partial charge < -0.3 is 5.32 Å². The molecule has 1 amide bonds. The molecule has 2 aromatic carbocycles. The molecule has 1 spiro atoms. The predicted octanol–water partition coefficient (Wildman–Crippen LogP) is 5.92. The van der Waals surface area contributed by atoms with Crippen LogP contribution < -0.4 is 5.32 Å². The van der Waals surface area contributed by atoms with E-state index < -0.39 is 0 Å². The van der Waals surface area contributed by atoms with Crippen LogP contribution in [-0.2, 0) is 0 Å². The number of hydrogen-bond acceptors (Lipinski definition) is 2. The molecule has 0 bridgehead atoms. The third-order valence-corrected chi connectivity index (χ3v) is 7.45. The normalized spacial score (nSPS) is 25.8. The SMILES string of the molecule is Cc1ccc(C(=O)N[C@H]2CC[C@]23CC[C@H](c2ccnc4ccc(F)cc42)CC3)cc1. The minimum atomic E-state index is -0.207. The quantitative estimate of drug-likeness (QED) is 0.591. The van der Waals surface area contributed by atoms with Gasteiger partial charge in [0, 0.05) is 23.2 Å². The molecule has 2 aliphatic carbocycles. The molecular formula is C26H27FN2O. The number of hydrogen-bond donors (Lipinski definition) is 1. The summed E-state index contributed by atoms with van der Waals surface area (Å²) in [6, 6.07) is 15.0. The Morgan fingerprint density at radius 2 is 1.77 bits per heavy atom. The summed E-state index contributed by atoms with van der Waals surface area (Å²) in [5.41, 5.74) is 4.20. The molecule has 5 rings (SSSR count). The molecule has 0 saturated heterocycles. The van der Waals surface area contributed by atoms with Crippen LogP contribution in [0.25, 0.3) is 10.9 Å². The fourth-order valence-corrected chi connectivity index (χ4v) is 5.47. The van der Waals surface area contributed by atoms with E-state index in [1.165, 1.54) is 18.1 Å². The summed E-state index contributed by atoms with van der Waals surface area (Å²) in [5, 5.41) is 4.25. The van der Waals surface area contributed by atoms with Gasteiger partial charge in [0.15, 0.2) is 0 Å². The topological polar surface area (TPSA) is 42.0 Å². The Hall–Kier alpha value is -2.75. The lowest BCUT2D eigenvalue weighted by molar-refractivity contribution is 0.0173. The van der Waals surface area contributed by atoms with Crippen LogP contribution in [0.4, 0.5) is 4.39 Å². The molecule has 4 heteroatoms. The van der Waals surface area contributed by atoms with Crippen LogP contribution in [0, 0.1) is 18.2 Å². The van der Waals surface area contributed by atoms with Gasteiger partial charge in [-0.05, 0) is 98.7 Å². The molecule has 154 valence electrons. The second-order valence-corrected chi connectivity index (χ2v) is 9.13. The standard InChI is InChI=1S/C26H27FN2O/c1-17-2-4-19(5-3-17)25(30)29-24-10-14-26(24)12-8-18(9-13-26)21-11-15-28-23-7-6-20(27)16-22(21)23/h2-7,11,15-16,18,24H,8-10,12-14H2,1H3,(H,29,30)/t18-,24-,26+/m0/s1. The van der Waals surface area contributed by atoms with Crippen molar-refractivity contribution in [3.05, 3.63) is 77.2 Å². The van der Waals surface area contributed by atoms with Crippen molar-refractivity contribution in [3.63, 3.8) is 0 Å². The van der Waals surface area contributed by atoms with E-state index in [-0.39, 0.29) is 23.2 Å². The van der Waals surface area contributed by atoms with E-state index in [0.29, 0.717) is 5.92 Å². The van der Waals surface area contributed by atoms with E-state index in [9.17, 15) is 9.18 Å². The smallest absolute Gasteiger partial charge is 0.251 e. The van der Waals surface area contributed by atoms with Crippen LogP contribution in [-0.4, -0.2) is 16.9 Å². The van der Waals surface area contributed by atoms with Crippen LogP contribution in [0.3, 0.4) is 0 Å². The van der Waals surface area contributed by atoms with Gasteiger partial charge in [-0.3, -0.25) is 9.78 Å².